The Morgan fingerprint density at radius 2 is 2.32 bits per heavy atom. The number of hydrogen-bond acceptors (Lipinski definition) is 5. The summed E-state index contributed by atoms with van der Waals surface area (Å²) in [6.45, 7) is 2.14. The van der Waals surface area contributed by atoms with Gasteiger partial charge in [0.1, 0.15) is 6.54 Å². The lowest BCUT2D eigenvalue weighted by Gasteiger charge is -2.07. The van der Waals surface area contributed by atoms with Crippen molar-refractivity contribution in [3.05, 3.63) is 23.8 Å². The number of amides is 3. The largest absolute Gasteiger partial charge is 0.504 e. The molecule has 100 valence electrons. The first-order valence-corrected chi connectivity index (χ1v) is 5.71. The number of phenols is 1. The average Bonchev–Trinajstić information content (AvgIpc) is 2.69. The molecule has 1 aliphatic heterocycles. The van der Waals surface area contributed by atoms with Gasteiger partial charge in [-0.1, -0.05) is 0 Å². The molecule has 0 unspecified atom stereocenters. The molecule has 2 rings (SSSR count). The van der Waals surface area contributed by atoms with Crippen molar-refractivity contribution in [2.45, 2.75) is 6.92 Å². The Labute approximate surface area is 109 Å². The third kappa shape index (κ3) is 3.01. The monoisotopic (exact) mass is 263 g/mol. The minimum atomic E-state index is -0.551. The van der Waals surface area contributed by atoms with Gasteiger partial charge in [0.15, 0.2) is 11.5 Å². The molecule has 1 aromatic carbocycles. The summed E-state index contributed by atoms with van der Waals surface area (Å²) in [4.78, 5) is 22.2. The number of ether oxygens (including phenoxy) is 1. The van der Waals surface area contributed by atoms with Crippen LogP contribution in [0.1, 0.15) is 12.5 Å². The highest BCUT2D eigenvalue weighted by Gasteiger charge is 2.25. The van der Waals surface area contributed by atoms with Gasteiger partial charge in [0, 0.05) is 0 Å². The van der Waals surface area contributed by atoms with Crippen LogP contribution < -0.4 is 10.1 Å². The fourth-order valence-corrected chi connectivity index (χ4v) is 1.54. The van der Waals surface area contributed by atoms with Crippen LogP contribution in [-0.2, 0) is 4.79 Å². The molecule has 1 saturated heterocycles. The molecule has 0 spiro atoms. The number of benzene rings is 1. The fraction of sp³-hybridized carbons (Fsp3) is 0.250. The predicted octanol–water partition coefficient (Wildman–Crippen LogP) is 0.677. The van der Waals surface area contributed by atoms with Crippen LogP contribution in [0.5, 0.6) is 11.5 Å². The number of nitrogens with one attached hydrogen (secondary N) is 1. The molecule has 0 aromatic heterocycles. The Hall–Kier alpha value is -2.57. The van der Waals surface area contributed by atoms with Crippen molar-refractivity contribution in [3.8, 4) is 11.5 Å². The van der Waals surface area contributed by atoms with Crippen LogP contribution in [-0.4, -0.2) is 41.4 Å². The van der Waals surface area contributed by atoms with Crippen molar-refractivity contribution in [3.63, 3.8) is 0 Å². The Balaban J connectivity index is 2.12. The topological polar surface area (TPSA) is 91.2 Å². The van der Waals surface area contributed by atoms with E-state index < -0.39 is 6.03 Å². The van der Waals surface area contributed by atoms with E-state index in [1.165, 1.54) is 12.3 Å². The number of hydrazone groups is 1. The molecule has 1 aliphatic rings. The van der Waals surface area contributed by atoms with Crippen LogP contribution in [0.2, 0.25) is 0 Å². The van der Waals surface area contributed by atoms with Gasteiger partial charge in [0.05, 0.1) is 12.8 Å². The van der Waals surface area contributed by atoms with Crippen molar-refractivity contribution < 1.29 is 19.4 Å². The van der Waals surface area contributed by atoms with Crippen LogP contribution in [0.15, 0.2) is 23.3 Å². The summed E-state index contributed by atoms with van der Waals surface area (Å²) < 4.78 is 5.23. The van der Waals surface area contributed by atoms with Gasteiger partial charge in [-0.3, -0.25) is 10.1 Å². The average molecular weight is 263 g/mol. The van der Waals surface area contributed by atoms with Gasteiger partial charge in [-0.15, -0.1) is 0 Å². The minimum absolute atomic E-state index is 0.0353. The molecule has 1 fully saturated rings. The lowest BCUT2D eigenvalue weighted by Crippen LogP contribution is -2.24. The second-order valence-corrected chi connectivity index (χ2v) is 3.82. The predicted molar refractivity (Wildman–Crippen MR) is 67.1 cm³/mol. The van der Waals surface area contributed by atoms with E-state index in [1.54, 1.807) is 19.1 Å². The molecule has 7 nitrogen and oxygen atoms in total. The van der Waals surface area contributed by atoms with Gasteiger partial charge in [-0.2, -0.15) is 5.10 Å². The van der Waals surface area contributed by atoms with Gasteiger partial charge in [-0.25, -0.2) is 9.80 Å². The third-order valence-corrected chi connectivity index (χ3v) is 2.40. The SMILES string of the molecule is CCOc1cc(/C=N/N2CC(=O)NC2=O)ccc1O. The standard InChI is InChI=1S/C12H13N3O4/c1-2-19-10-5-8(3-4-9(10)16)6-13-15-7-11(17)14-12(15)18/h3-6,16H,2,7H2,1H3,(H,14,17,18)/b13-6+. The zero-order valence-electron chi connectivity index (χ0n) is 10.3. The lowest BCUT2D eigenvalue weighted by molar-refractivity contribution is -0.118. The minimum Gasteiger partial charge on any atom is -0.504 e. The number of carbonyl (C=O) groups is 2. The molecular weight excluding hydrogens is 250 g/mol. The van der Waals surface area contributed by atoms with Crippen molar-refractivity contribution in [2.75, 3.05) is 13.2 Å². The maximum atomic E-state index is 11.2. The Kier molecular flexibility index (Phi) is 3.65. The summed E-state index contributed by atoms with van der Waals surface area (Å²) in [5.41, 5.74) is 0.647. The first-order chi connectivity index (χ1) is 9.10. The summed E-state index contributed by atoms with van der Waals surface area (Å²) >= 11 is 0. The summed E-state index contributed by atoms with van der Waals surface area (Å²) in [6, 6.07) is 4.14. The number of hydrogen-bond donors (Lipinski definition) is 2. The summed E-state index contributed by atoms with van der Waals surface area (Å²) in [5.74, 6) is -0.00986. The number of urea groups is 1. The molecule has 0 bridgehead atoms. The number of rotatable bonds is 4. The van der Waals surface area contributed by atoms with E-state index in [0.717, 1.165) is 5.01 Å². The van der Waals surface area contributed by atoms with Crippen molar-refractivity contribution in [1.29, 1.82) is 0 Å². The Bertz CT molecular complexity index is 542. The van der Waals surface area contributed by atoms with Crippen LogP contribution in [0.3, 0.4) is 0 Å². The van der Waals surface area contributed by atoms with Crippen molar-refractivity contribution in [2.24, 2.45) is 5.10 Å². The number of carbonyl (C=O) groups excluding carboxylic acids is 2. The van der Waals surface area contributed by atoms with Crippen LogP contribution in [0.25, 0.3) is 0 Å². The van der Waals surface area contributed by atoms with Crippen LogP contribution in [0.4, 0.5) is 4.79 Å². The smallest absolute Gasteiger partial charge is 0.344 e. The molecule has 1 aromatic rings. The second kappa shape index (κ2) is 5.38. The van der Waals surface area contributed by atoms with E-state index >= 15 is 0 Å². The first-order valence-electron chi connectivity index (χ1n) is 5.71. The zero-order valence-corrected chi connectivity index (χ0v) is 10.3. The van der Waals surface area contributed by atoms with E-state index in [4.69, 9.17) is 4.74 Å². The molecular formula is C12H13N3O4. The quantitative estimate of drug-likeness (QED) is 0.617. The first kappa shape index (κ1) is 12.9. The Morgan fingerprint density at radius 3 is 2.95 bits per heavy atom. The van der Waals surface area contributed by atoms with Crippen molar-refractivity contribution in [1.82, 2.24) is 10.3 Å². The molecule has 0 radical (unpaired) electrons. The van der Waals surface area contributed by atoms with Gasteiger partial charge >= 0.3 is 6.03 Å². The molecule has 0 aliphatic carbocycles. The molecule has 3 amide bonds. The summed E-state index contributed by atoms with van der Waals surface area (Å²) in [7, 11) is 0. The van der Waals surface area contributed by atoms with E-state index in [9.17, 15) is 14.7 Å². The Morgan fingerprint density at radius 1 is 1.53 bits per heavy atom. The van der Waals surface area contributed by atoms with Crippen LogP contribution >= 0.6 is 0 Å². The normalized spacial score (nSPS) is 15.1. The van der Waals surface area contributed by atoms with Crippen LogP contribution in [0, 0.1) is 0 Å². The van der Waals surface area contributed by atoms with Gasteiger partial charge in [0.2, 0.25) is 5.91 Å². The zero-order chi connectivity index (χ0) is 13.8. The van der Waals surface area contributed by atoms with Crippen molar-refractivity contribution >= 4 is 18.2 Å². The summed E-state index contributed by atoms with van der Waals surface area (Å²) in [6.07, 6.45) is 1.42. The maximum absolute atomic E-state index is 11.2. The van der Waals surface area contributed by atoms with Gasteiger partial charge < -0.3 is 9.84 Å². The molecule has 19 heavy (non-hydrogen) atoms. The highest BCUT2D eigenvalue weighted by Crippen LogP contribution is 2.26. The highest BCUT2D eigenvalue weighted by atomic mass is 16.5. The maximum Gasteiger partial charge on any atom is 0.344 e. The number of nitrogens with zero attached hydrogens (tertiary/aromatic N) is 2. The lowest BCUT2D eigenvalue weighted by atomic mass is 10.2. The summed E-state index contributed by atoms with van der Waals surface area (Å²) in [5, 5.41) is 16.6. The highest BCUT2D eigenvalue weighted by molar-refractivity contribution is 6.02. The number of imide groups is 1. The van der Waals surface area contributed by atoms with E-state index in [-0.39, 0.29) is 18.2 Å². The number of aromatic hydroxyl groups is 1. The molecule has 1 heterocycles. The second-order valence-electron chi connectivity index (χ2n) is 3.82. The number of phenolic OH excluding ortho intramolecular Hbond substituents is 1. The molecule has 0 saturated carbocycles. The van der Waals surface area contributed by atoms with Gasteiger partial charge in [0.25, 0.3) is 0 Å². The van der Waals surface area contributed by atoms with E-state index in [2.05, 4.69) is 10.4 Å². The molecule has 0 atom stereocenters. The molecule has 2 N–H and O–H groups in total. The fourth-order valence-electron chi connectivity index (χ4n) is 1.54. The van der Waals surface area contributed by atoms with E-state index in [0.29, 0.717) is 17.9 Å². The van der Waals surface area contributed by atoms with Gasteiger partial charge in [-0.05, 0) is 30.7 Å². The van der Waals surface area contributed by atoms with E-state index in [1.807, 2.05) is 0 Å². The third-order valence-electron chi connectivity index (χ3n) is 2.40. The molecule has 7 heteroatoms.